The predicted molar refractivity (Wildman–Crippen MR) is 126 cm³/mol. The number of aryl methyl sites for hydroxylation is 1. The summed E-state index contributed by atoms with van der Waals surface area (Å²) in [6.07, 6.45) is 8.57. The van der Waals surface area contributed by atoms with E-state index in [1.165, 1.54) is 24.1 Å². The van der Waals surface area contributed by atoms with Crippen molar-refractivity contribution in [2.75, 3.05) is 0 Å². The molecule has 0 saturated heterocycles. The summed E-state index contributed by atoms with van der Waals surface area (Å²) in [4.78, 5) is 13.6. The average Bonchev–Trinajstić information content (AvgIpc) is 3.44. The van der Waals surface area contributed by atoms with Crippen LogP contribution in [0.25, 0.3) is 11.1 Å². The number of aromatic nitrogens is 2. The Morgan fingerprint density at radius 2 is 2.12 bits per heavy atom. The third-order valence-corrected chi connectivity index (χ3v) is 7.68. The molecule has 2 aromatic rings. The molecule has 170 valence electrons. The zero-order valence-corrected chi connectivity index (χ0v) is 19.5. The van der Waals surface area contributed by atoms with Crippen LogP contribution in [0.2, 0.25) is 0 Å². The minimum atomic E-state index is -0.571. The van der Waals surface area contributed by atoms with Crippen LogP contribution in [0, 0.1) is 0 Å². The number of carbonyl (C=O) groups is 1. The van der Waals surface area contributed by atoms with Crippen LogP contribution < -0.4 is 10.6 Å². The Bertz CT molecular complexity index is 1250. The number of amides is 1. The van der Waals surface area contributed by atoms with Crippen molar-refractivity contribution in [3.8, 4) is 11.1 Å². The van der Waals surface area contributed by atoms with Crippen molar-refractivity contribution >= 4 is 5.91 Å². The highest BCUT2D eigenvalue weighted by molar-refractivity contribution is 6.00. The molecule has 7 nitrogen and oxygen atoms in total. The quantitative estimate of drug-likeness (QED) is 0.741. The third-order valence-electron chi connectivity index (χ3n) is 7.68. The molecule has 4 aliphatic heterocycles. The first-order valence-electron chi connectivity index (χ1n) is 12.0. The molecule has 4 aliphatic rings. The Hall–Kier alpha value is -3.22. The van der Waals surface area contributed by atoms with E-state index in [9.17, 15) is 4.79 Å². The molecule has 1 aromatic carbocycles. The lowest BCUT2D eigenvalue weighted by Gasteiger charge is -2.48. The van der Waals surface area contributed by atoms with Gasteiger partial charge in [0.1, 0.15) is 0 Å². The number of fused-ring (bicyclic) bond motifs is 2. The molecular formula is C26H30N6O. The van der Waals surface area contributed by atoms with Crippen LogP contribution in [0.15, 0.2) is 63.7 Å². The summed E-state index contributed by atoms with van der Waals surface area (Å²) in [5, 5.41) is 20.1. The summed E-state index contributed by atoms with van der Waals surface area (Å²) in [6.45, 7) is 7.28. The second-order valence-electron chi connectivity index (χ2n) is 10.3. The van der Waals surface area contributed by atoms with Crippen LogP contribution in [0.1, 0.15) is 57.7 Å². The maximum Gasteiger partial charge on any atom is 0.250 e. The Balaban J connectivity index is 1.54. The number of carbonyl (C=O) groups excluding carboxylic acids is 1. The zero-order valence-electron chi connectivity index (χ0n) is 19.5. The SMILES string of the molecule is CCC1(c2cccc(-c3cnn4c3CCCC4)c2)C2=CN=NC2NC2=C1C(=O)NC(C)(C)C2. The standard InChI is InChI=1S/C26H30N6O/c1-4-26(17-9-7-8-16(12-17)18-14-28-32-11-6-5-10-21(18)32)19-15-27-31-23(19)29-20-13-25(2,3)30-24(33)22(20)26/h7-9,12,14-15,23,29H,4-6,10-11,13H2,1-3H3,(H,30,33). The number of nitrogens with one attached hydrogen (secondary N) is 2. The van der Waals surface area contributed by atoms with E-state index in [0.717, 1.165) is 53.8 Å². The normalized spacial score (nSPS) is 27.3. The fraction of sp³-hybridized carbons (Fsp3) is 0.462. The van der Waals surface area contributed by atoms with E-state index in [4.69, 9.17) is 0 Å². The first-order chi connectivity index (χ1) is 15.9. The molecule has 2 atom stereocenters. The van der Waals surface area contributed by atoms with E-state index in [1.54, 1.807) is 0 Å². The molecule has 0 fully saturated rings. The van der Waals surface area contributed by atoms with Gasteiger partial charge in [-0.1, -0.05) is 25.1 Å². The van der Waals surface area contributed by atoms with Gasteiger partial charge < -0.3 is 10.6 Å². The molecule has 6 rings (SSSR count). The highest BCUT2D eigenvalue weighted by atomic mass is 16.2. The number of benzene rings is 1. The summed E-state index contributed by atoms with van der Waals surface area (Å²) in [7, 11) is 0. The third kappa shape index (κ3) is 2.94. The van der Waals surface area contributed by atoms with Crippen LogP contribution in [0.3, 0.4) is 0 Å². The minimum Gasteiger partial charge on any atom is -0.362 e. The molecule has 0 radical (unpaired) electrons. The molecule has 1 aromatic heterocycles. The van der Waals surface area contributed by atoms with E-state index < -0.39 is 5.41 Å². The summed E-state index contributed by atoms with van der Waals surface area (Å²) >= 11 is 0. The van der Waals surface area contributed by atoms with Crippen LogP contribution >= 0.6 is 0 Å². The smallest absolute Gasteiger partial charge is 0.250 e. The van der Waals surface area contributed by atoms with Crippen molar-refractivity contribution < 1.29 is 4.79 Å². The Morgan fingerprint density at radius 1 is 1.24 bits per heavy atom. The second-order valence-corrected chi connectivity index (χ2v) is 10.3. The van der Waals surface area contributed by atoms with Crippen LogP contribution in [-0.2, 0) is 23.2 Å². The molecule has 2 unspecified atom stereocenters. The van der Waals surface area contributed by atoms with Crippen molar-refractivity contribution in [3.05, 3.63) is 64.8 Å². The first-order valence-corrected chi connectivity index (χ1v) is 12.0. The molecule has 0 aliphatic carbocycles. The van der Waals surface area contributed by atoms with Gasteiger partial charge in [0.05, 0.1) is 23.4 Å². The Labute approximate surface area is 194 Å². The molecule has 33 heavy (non-hydrogen) atoms. The van der Waals surface area contributed by atoms with Crippen molar-refractivity contribution in [3.63, 3.8) is 0 Å². The second kappa shape index (κ2) is 7.14. The number of hydrogen-bond acceptors (Lipinski definition) is 5. The minimum absolute atomic E-state index is 0.00448. The van der Waals surface area contributed by atoms with E-state index in [-0.39, 0.29) is 17.6 Å². The molecule has 0 saturated carbocycles. The van der Waals surface area contributed by atoms with Gasteiger partial charge >= 0.3 is 0 Å². The van der Waals surface area contributed by atoms with Crippen LogP contribution in [0.5, 0.6) is 0 Å². The highest BCUT2D eigenvalue weighted by Gasteiger charge is 2.53. The molecule has 0 bridgehead atoms. The van der Waals surface area contributed by atoms with E-state index >= 15 is 0 Å². The topological polar surface area (TPSA) is 83.7 Å². The summed E-state index contributed by atoms with van der Waals surface area (Å²) in [6, 6.07) is 8.69. The first kappa shape index (κ1) is 20.4. The molecule has 7 heteroatoms. The van der Waals surface area contributed by atoms with Crippen molar-refractivity contribution in [2.45, 2.75) is 76.5 Å². The van der Waals surface area contributed by atoms with Crippen LogP contribution in [0.4, 0.5) is 0 Å². The summed E-state index contributed by atoms with van der Waals surface area (Å²) in [5.41, 5.74) is 6.76. The Morgan fingerprint density at radius 3 is 2.97 bits per heavy atom. The monoisotopic (exact) mass is 442 g/mol. The molecule has 5 heterocycles. The van der Waals surface area contributed by atoms with Gasteiger partial charge in [0.2, 0.25) is 0 Å². The van der Waals surface area contributed by atoms with Gasteiger partial charge in [-0.25, -0.2) is 0 Å². The largest absolute Gasteiger partial charge is 0.362 e. The number of rotatable bonds is 3. The molecular weight excluding hydrogens is 412 g/mol. The lowest BCUT2D eigenvalue weighted by molar-refractivity contribution is -0.120. The van der Waals surface area contributed by atoms with Gasteiger partial charge in [0, 0.05) is 41.0 Å². The van der Waals surface area contributed by atoms with Gasteiger partial charge in [0.15, 0.2) is 6.17 Å². The lowest BCUT2D eigenvalue weighted by Crippen LogP contribution is -2.58. The van der Waals surface area contributed by atoms with Gasteiger partial charge in [0.25, 0.3) is 5.91 Å². The molecule has 1 amide bonds. The van der Waals surface area contributed by atoms with E-state index in [0.29, 0.717) is 0 Å². The fourth-order valence-corrected chi connectivity index (χ4v) is 6.22. The van der Waals surface area contributed by atoms with Crippen molar-refractivity contribution in [2.24, 2.45) is 10.2 Å². The van der Waals surface area contributed by atoms with Gasteiger partial charge in [-0.05, 0) is 56.7 Å². The van der Waals surface area contributed by atoms with Gasteiger partial charge in [-0.2, -0.15) is 15.3 Å². The molecule has 0 spiro atoms. The number of hydrogen-bond donors (Lipinski definition) is 2. The van der Waals surface area contributed by atoms with Crippen molar-refractivity contribution in [1.82, 2.24) is 20.4 Å². The summed E-state index contributed by atoms with van der Waals surface area (Å²) < 4.78 is 2.15. The highest BCUT2D eigenvalue weighted by Crippen LogP contribution is 2.51. The average molecular weight is 443 g/mol. The Kier molecular flexibility index (Phi) is 4.41. The van der Waals surface area contributed by atoms with E-state index in [2.05, 4.69) is 75.7 Å². The number of azo groups is 1. The number of nitrogens with zero attached hydrogens (tertiary/aromatic N) is 4. The maximum atomic E-state index is 13.6. The summed E-state index contributed by atoms with van der Waals surface area (Å²) in [5.74, 6) is -0.00448. The maximum absolute atomic E-state index is 13.6. The lowest BCUT2D eigenvalue weighted by atomic mass is 9.62. The van der Waals surface area contributed by atoms with Gasteiger partial charge in [-0.3, -0.25) is 9.48 Å². The van der Waals surface area contributed by atoms with Gasteiger partial charge in [-0.15, -0.1) is 0 Å². The van der Waals surface area contributed by atoms with Crippen molar-refractivity contribution in [1.29, 1.82) is 0 Å². The van der Waals surface area contributed by atoms with E-state index in [1.807, 2.05) is 12.4 Å². The zero-order chi connectivity index (χ0) is 22.8. The van der Waals surface area contributed by atoms with Crippen LogP contribution in [-0.4, -0.2) is 27.4 Å². The fourth-order valence-electron chi connectivity index (χ4n) is 6.22. The molecule has 2 N–H and O–H groups in total. The predicted octanol–water partition coefficient (Wildman–Crippen LogP) is 4.37.